The molecule has 1 N–H and O–H groups in total. The molecule has 1 aromatic carbocycles. The number of aromatic nitrogens is 2. The lowest BCUT2D eigenvalue weighted by molar-refractivity contribution is 0.181. The molecule has 2 saturated heterocycles. The highest BCUT2D eigenvalue weighted by Crippen LogP contribution is 2.21. The Bertz CT molecular complexity index is 826. The number of nitrogens with one attached hydrogen (secondary N) is 1. The van der Waals surface area contributed by atoms with Crippen molar-refractivity contribution >= 4 is 11.9 Å². The van der Waals surface area contributed by atoms with Crippen molar-refractivity contribution in [2.24, 2.45) is 10.9 Å². The zero-order valence-electron chi connectivity index (χ0n) is 20.1. The first kappa shape index (κ1) is 23.5. The van der Waals surface area contributed by atoms with Gasteiger partial charge in [0.15, 0.2) is 5.96 Å². The monoisotopic (exact) mass is 449 g/mol. The summed E-state index contributed by atoms with van der Waals surface area (Å²) in [5, 5.41) is 3.57. The van der Waals surface area contributed by atoms with Gasteiger partial charge in [0.2, 0.25) is 5.95 Å². The van der Waals surface area contributed by atoms with E-state index in [1.54, 1.807) is 0 Å². The number of benzene rings is 1. The Hall–Kier alpha value is -2.67. The highest BCUT2D eigenvalue weighted by atomic mass is 15.4. The fourth-order valence-electron chi connectivity index (χ4n) is 4.93. The summed E-state index contributed by atoms with van der Waals surface area (Å²) in [6.07, 6.45) is 9.95. The summed E-state index contributed by atoms with van der Waals surface area (Å²) in [6.45, 7) is 8.43. The maximum atomic E-state index is 4.51. The summed E-state index contributed by atoms with van der Waals surface area (Å²) < 4.78 is 0. The Morgan fingerprint density at radius 3 is 2.36 bits per heavy atom. The largest absolute Gasteiger partial charge is 0.356 e. The molecule has 7 nitrogen and oxygen atoms in total. The molecule has 0 saturated carbocycles. The van der Waals surface area contributed by atoms with Crippen LogP contribution in [-0.2, 0) is 6.42 Å². The van der Waals surface area contributed by atoms with Crippen molar-refractivity contribution < 1.29 is 0 Å². The molecule has 0 radical (unpaired) electrons. The van der Waals surface area contributed by atoms with E-state index in [0.717, 1.165) is 50.5 Å². The normalized spacial score (nSPS) is 18.5. The number of piperazine rings is 1. The van der Waals surface area contributed by atoms with Gasteiger partial charge in [-0.1, -0.05) is 30.3 Å². The highest BCUT2D eigenvalue weighted by molar-refractivity contribution is 5.80. The molecule has 0 aliphatic carbocycles. The molecular weight excluding hydrogens is 410 g/mol. The molecule has 0 bridgehead atoms. The third-order valence-electron chi connectivity index (χ3n) is 6.88. The summed E-state index contributed by atoms with van der Waals surface area (Å²) in [6, 6.07) is 12.8. The average molecular weight is 450 g/mol. The number of hydrogen-bond acceptors (Lipinski definition) is 5. The second kappa shape index (κ2) is 12.5. The van der Waals surface area contributed by atoms with Crippen LogP contribution in [0.4, 0.5) is 5.95 Å². The van der Waals surface area contributed by atoms with Gasteiger partial charge in [0.25, 0.3) is 0 Å². The predicted molar refractivity (Wildman–Crippen MR) is 136 cm³/mol. The average Bonchev–Trinajstić information content (AvgIpc) is 2.88. The molecule has 2 aliphatic rings. The van der Waals surface area contributed by atoms with Crippen LogP contribution in [0.1, 0.15) is 31.2 Å². The number of piperidine rings is 1. The van der Waals surface area contributed by atoms with Gasteiger partial charge in [0.1, 0.15) is 0 Å². The summed E-state index contributed by atoms with van der Waals surface area (Å²) in [5.74, 6) is 2.69. The Labute approximate surface area is 198 Å². The molecule has 0 unspecified atom stereocenters. The molecular formula is C26H39N7. The van der Waals surface area contributed by atoms with Gasteiger partial charge in [-0.2, -0.15) is 0 Å². The Balaban J connectivity index is 1.07. The van der Waals surface area contributed by atoms with E-state index in [4.69, 9.17) is 0 Å². The lowest BCUT2D eigenvalue weighted by Gasteiger charge is -2.36. The molecule has 33 heavy (non-hydrogen) atoms. The van der Waals surface area contributed by atoms with Gasteiger partial charge in [0.05, 0.1) is 0 Å². The van der Waals surface area contributed by atoms with Crippen molar-refractivity contribution in [3.63, 3.8) is 0 Å². The molecule has 4 rings (SSSR count). The number of unbranched alkanes of at least 4 members (excludes halogenated alkanes) is 1. The first-order chi connectivity index (χ1) is 16.3. The van der Waals surface area contributed by atoms with Crippen LogP contribution < -0.4 is 10.2 Å². The van der Waals surface area contributed by atoms with Crippen molar-refractivity contribution in [2.45, 2.75) is 32.1 Å². The molecule has 0 atom stereocenters. The summed E-state index contributed by atoms with van der Waals surface area (Å²) in [4.78, 5) is 20.5. The maximum absolute atomic E-state index is 4.51. The van der Waals surface area contributed by atoms with E-state index in [-0.39, 0.29) is 0 Å². The first-order valence-corrected chi connectivity index (χ1v) is 12.6. The quantitative estimate of drug-likeness (QED) is 0.380. The lowest BCUT2D eigenvalue weighted by atomic mass is 9.90. The SMILES string of the molecule is CN=C(NCCCCN1CCC(Cc2ccccc2)CC1)N1CCN(c2ncccn2)CC1. The van der Waals surface area contributed by atoms with Gasteiger partial charge in [-0.3, -0.25) is 4.99 Å². The van der Waals surface area contributed by atoms with E-state index in [2.05, 4.69) is 65.3 Å². The number of anilines is 1. The third kappa shape index (κ3) is 7.16. The van der Waals surface area contributed by atoms with Gasteiger partial charge in [-0.25, -0.2) is 9.97 Å². The minimum Gasteiger partial charge on any atom is -0.356 e. The number of rotatable bonds is 8. The van der Waals surface area contributed by atoms with Crippen LogP contribution in [0.5, 0.6) is 0 Å². The minimum absolute atomic E-state index is 0.823. The van der Waals surface area contributed by atoms with Gasteiger partial charge in [0, 0.05) is 52.2 Å². The molecule has 3 heterocycles. The molecule has 2 aromatic rings. The van der Waals surface area contributed by atoms with Crippen LogP contribution in [0.15, 0.2) is 53.8 Å². The Morgan fingerprint density at radius 2 is 1.67 bits per heavy atom. The smallest absolute Gasteiger partial charge is 0.225 e. The molecule has 1 aromatic heterocycles. The fraction of sp³-hybridized carbons (Fsp3) is 0.577. The highest BCUT2D eigenvalue weighted by Gasteiger charge is 2.21. The standard InChI is InChI=1S/C26H39N7/c1-27-25(32-18-20-33(21-19-32)26-29-13-7-14-30-26)28-12-5-6-15-31-16-10-24(11-17-31)22-23-8-3-2-4-9-23/h2-4,7-9,13-14,24H,5-6,10-12,15-22H2,1H3,(H,27,28). The van der Waals surface area contributed by atoms with Gasteiger partial charge < -0.3 is 20.0 Å². The van der Waals surface area contributed by atoms with Crippen LogP contribution in [0.25, 0.3) is 0 Å². The zero-order chi connectivity index (χ0) is 22.7. The topological polar surface area (TPSA) is 59.9 Å². The number of likely N-dealkylation sites (tertiary alicyclic amines) is 1. The van der Waals surface area contributed by atoms with E-state index in [9.17, 15) is 0 Å². The number of aliphatic imine (C=N–C) groups is 1. The fourth-order valence-corrected chi connectivity index (χ4v) is 4.93. The van der Waals surface area contributed by atoms with Crippen LogP contribution in [0.2, 0.25) is 0 Å². The van der Waals surface area contributed by atoms with E-state index >= 15 is 0 Å². The Kier molecular flexibility index (Phi) is 8.92. The second-order valence-corrected chi connectivity index (χ2v) is 9.18. The molecule has 0 amide bonds. The van der Waals surface area contributed by atoms with Crippen LogP contribution >= 0.6 is 0 Å². The second-order valence-electron chi connectivity index (χ2n) is 9.18. The van der Waals surface area contributed by atoms with Crippen molar-refractivity contribution in [3.05, 3.63) is 54.4 Å². The number of nitrogens with zero attached hydrogens (tertiary/aromatic N) is 6. The van der Waals surface area contributed by atoms with E-state index < -0.39 is 0 Å². The molecule has 7 heteroatoms. The van der Waals surface area contributed by atoms with Crippen LogP contribution in [0.3, 0.4) is 0 Å². The van der Waals surface area contributed by atoms with Gasteiger partial charge >= 0.3 is 0 Å². The summed E-state index contributed by atoms with van der Waals surface area (Å²) >= 11 is 0. The van der Waals surface area contributed by atoms with E-state index in [1.165, 1.54) is 57.3 Å². The maximum Gasteiger partial charge on any atom is 0.225 e. The first-order valence-electron chi connectivity index (χ1n) is 12.6. The number of hydrogen-bond donors (Lipinski definition) is 1. The Morgan fingerprint density at radius 1 is 0.939 bits per heavy atom. The van der Waals surface area contributed by atoms with E-state index in [1.807, 2.05) is 25.5 Å². The van der Waals surface area contributed by atoms with Crippen molar-refractivity contribution in [2.75, 3.05) is 64.3 Å². The summed E-state index contributed by atoms with van der Waals surface area (Å²) in [5.41, 5.74) is 1.49. The minimum atomic E-state index is 0.823. The van der Waals surface area contributed by atoms with Gasteiger partial charge in [-0.05, 0) is 69.3 Å². The van der Waals surface area contributed by atoms with Gasteiger partial charge in [-0.15, -0.1) is 0 Å². The molecule has 2 fully saturated rings. The summed E-state index contributed by atoms with van der Waals surface area (Å²) in [7, 11) is 1.88. The zero-order valence-corrected chi connectivity index (χ0v) is 20.1. The predicted octanol–water partition coefficient (Wildman–Crippen LogP) is 2.91. The molecule has 178 valence electrons. The van der Waals surface area contributed by atoms with Crippen molar-refractivity contribution in [3.8, 4) is 0 Å². The van der Waals surface area contributed by atoms with Crippen LogP contribution in [-0.4, -0.2) is 85.1 Å². The van der Waals surface area contributed by atoms with Crippen molar-refractivity contribution in [1.82, 2.24) is 25.1 Å². The van der Waals surface area contributed by atoms with Crippen molar-refractivity contribution in [1.29, 1.82) is 0 Å². The third-order valence-corrected chi connectivity index (χ3v) is 6.88. The van der Waals surface area contributed by atoms with Crippen LogP contribution in [0, 0.1) is 5.92 Å². The molecule has 2 aliphatic heterocycles. The molecule has 0 spiro atoms. The van der Waals surface area contributed by atoms with E-state index in [0.29, 0.717) is 0 Å². The lowest BCUT2D eigenvalue weighted by Crippen LogP contribution is -2.53. The number of guanidine groups is 1.